The summed E-state index contributed by atoms with van der Waals surface area (Å²) in [5.74, 6) is -0.339. The Labute approximate surface area is 73.3 Å². The predicted molar refractivity (Wildman–Crippen MR) is 49.3 cm³/mol. The lowest BCUT2D eigenvalue weighted by Gasteiger charge is -2.04. The van der Waals surface area contributed by atoms with Gasteiger partial charge in [-0.05, 0) is 5.56 Å². The summed E-state index contributed by atoms with van der Waals surface area (Å²) in [6.07, 6.45) is 0. The molecule has 0 aliphatic carbocycles. The van der Waals surface area contributed by atoms with Gasteiger partial charge in [-0.15, -0.1) is 0 Å². The summed E-state index contributed by atoms with van der Waals surface area (Å²) in [6, 6.07) is 9.34. The van der Waals surface area contributed by atoms with Gasteiger partial charge in [0.05, 0.1) is 0 Å². The summed E-state index contributed by atoms with van der Waals surface area (Å²) < 4.78 is 6.81. The maximum Gasteiger partial charge on any atom is 0.221 e. The monoisotopic (exact) mass is 162 g/mol. The topological polar surface area (TPSA) is 29.1 Å². The van der Waals surface area contributed by atoms with Crippen molar-refractivity contribution < 1.29 is 6.17 Å². The molecule has 1 N–H and O–H groups in total. The van der Waals surface area contributed by atoms with E-state index >= 15 is 0 Å². The van der Waals surface area contributed by atoms with Crippen molar-refractivity contribution in [1.82, 2.24) is 5.32 Å². The molecule has 62 valence electrons. The molecule has 0 saturated heterocycles. The minimum atomic E-state index is -0.339. The molecule has 0 unspecified atom stereocenters. The minimum Gasteiger partial charge on any atom is -0.326 e. The molecule has 2 heteroatoms. The van der Waals surface area contributed by atoms with E-state index in [1.165, 1.54) is 0 Å². The van der Waals surface area contributed by atoms with Crippen molar-refractivity contribution in [3.8, 4) is 0 Å². The van der Waals surface area contributed by atoms with Crippen LogP contribution in [0.5, 0.6) is 0 Å². The van der Waals surface area contributed by atoms with Crippen molar-refractivity contribution in [2.45, 2.75) is 6.90 Å². The number of benzene rings is 1. The molecule has 0 saturated carbocycles. The standard InChI is InChI=1S/C10H11NO/c1-8(11-9(2)12)10-6-4-3-5-7-10/h3-7H,1H2,2H3,(H,11,12)/i2D. The average Bonchev–Trinajstić information content (AvgIpc) is 2.19. The predicted octanol–water partition coefficient (Wildman–Crippen LogP) is 1.79. The van der Waals surface area contributed by atoms with Crippen molar-refractivity contribution in [1.29, 1.82) is 0 Å². The summed E-state index contributed by atoms with van der Waals surface area (Å²) in [4.78, 5) is 10.8. The van der Waals surface area contributed by atoms with Crippen molar-refractivity contribution in [2.75, 3.05) is 0 Å². The Hall–Kier alpha value is -1.57. The fourth-order valence-corrected chi connectivity index (χ4v) is 0.880. The molecular weight excluding hydrogens is 150 g/mol. The first kappa shape index (κ1) is 7.10. The van der Waals surface area contributed by atoms with E-state index in [9.17, 15) is 4.79 Å². The molecule has 1 amide bonds. The molecule has 1 rings (SSSR count). The quantitative estimate of drug-likeness (QED) is 0.705. The number of nitrogens with one attached hydrogen (secondary N) is 1. The lowest BCUT2D eigenvalue weighted by atomic mass is 10.2. The molecule has 0 aliphatic heterocycles. The molecule has 0 fully saturated rings. The third-order valence-corrected chi connectivity index (χ3v) is 1.41. The summed E-state index contributed by atoms with van der Waals surface area (Å²) in [5, 5.41) is 2.52. The molecule has 0 radical (unpaired) electrons. The summed E-state index contributed by atoms with van der Waals surface area (Å²) in [5.41, 5.74) is 1.40. The maximum absolute atomic E-state index is 10.8. The second kappa shape index (κ2) is 3.72. The highest BCUT2D eigenvalue weighted by molar-refractivity contribution is 5.84. The molecule has 0 spiro atoms. The Bertz CT molecular complexity index is 308. The molecule has 0 bridgehead atoms. The SMILES string of the molecule is [2H]CC(=O)NC(=C)c1ccccc1. The number of carbonyl (C=O) groups excluding carboxylic acids is 1. The Morgan fingerprint density at radius 3 is 2.75 bits per heavy atom. The molecule has 0 aliphatic rings. The van der Waals surface area contributed by atoms with Gasteiger partial charge >= 0.3 is 0 Å². The van der Waals surface area contributed by atoms with E-state index in [0.29, 0.717) is 5.70 Å². The van der Waals surface area contributed by atoms with Crippen LogP contribution in [0.25, 0.3) is 5.70 Å². The van der Waals surface area contributed by atoms with Crippen LogP contribution < -0.4 is 5.32 Å². The molecular formula is C10H11NO. The largest absolute Gasteiger partial charge is 0.326 e. The van der Waals surface area contributed by atoms with Crippen LogP contribution in [0, 0.1) is 0 Å². The Kier molecular flexibility index (Phi) is 2.20. The fourth-order valence-electron chi connectivity index (χ4n) is 0.880. The van der Waals surface area contributed by atoms with Gasteiger partial charge in [-0.2, -0.15) is 0 Å². The van der Waals surface area contributed by atoms with Crippen LogP contribution in [0.15, 0.2) is 36.9 Å². The van der Waals surface area contributed by atoms with Gasteiger partial charge in [0.2, 0.25) is 5.91 Å². The zero-order chi connectivity index (χ0) is 9.68. The van der Waals surface area contributed by atoms with E-state index in [2.05, 4.69) is 11.9 Å². The van der Waals surface area contributed by atoms with Gasteiger partial charge < -0.3 is 5.32 Å². The first-order chi connectivity index (χ1) is 6.24. The first-order valence-electron chi connectivity index (χ1n) is 4.28. The number of rotatable bonds is 2. The Balaban J connectivity index is 2.65. The Morgan fingerprint density at radius 1 is 1.50 bits per heavy atom. The van der Waals surface area contributed by atoms with E-state index in [-0.39, 0.29) is 12.8 Å². The molecule has 1 aromatic rings. The lowest BCUT2D eigenvalue weighted by molar-refractivity contribution is -0.117. The second-order valence-corrected chi connectivity index (χ2v) is 2.39. The molecule has 0 aromatic heterocycles. The zero-order valence-corrected chi connectivity index (χ0v) is 6.71. The highest BCUT2D eigenvalue weighted by Gasteiger charge is 1.97. The van der Waals surface area contributed by atoms with Gasteiger partial charge in [0, 0.05) is 14.0 Å². The highest BCUT2D eigenvalue weighted by atomic mass is 16.1. The van der Waals surface area contributed by atoms with Crippen molar-refractivity contribution in [3.05, 3.63) is 42.5 Å². The number of carbonyl (C=O) groups is 1. The molecule has 2 nitrogen and oxygen atoms in total. The van der Waals surface area contributed by atoms with E-state index in [1.807, 2.05) is 30.3 Å². The van der Waals surface area contributed by atoms with Gasteiger partial charge in [0.1, 0.15) is 0 Å². The van der Waals surface area contributed by atoms with Crippen LogP contribution in [0.4, 0.5) is 0 Å². The van der Waals surface area contributed by atoms with Crippen LogP contribution in [-0.4, -0.2) is 5.91 Å². The van der Waals surface area contributed by atoms with E-state index in [4.69, 9.17) is 1.37 Å². The fraction of sp³-hybridized carbons (Fsp3) is 0.100. The van der Waals surface area contributed by atoms with Crippen LogP contribution in [0.3, 0.4) is 0 Å². The third-order valence-electron chi connectivity index (χ3n) is 1.41. The van der Waals surface area contributed by atoms with Gasteiger partial charge in [-0.3, -0.25) is 4.79 Å². The summed E-state index contributed by atoms with van der Waals surface area (Å²) >= 11 is 0. The van der Waals surface area contributed by atoms with E-state index < -0.39 is 0 Å². The smallest absolute Gasteiger partial charge is 0.221 e. The van der Waals surface area contributed by atoms with Gasteiger partial charge in [-0.1, -0.05) is 36.9 Å². The number of hydrogen-bond acceptors (Lipinski definition) is 1. The lowest BCUT2D eigenvalue weighted by Crippen LogP contribution is -2.16. The van der Waals surface area contributed by atoms with Crippen LogP contribution in [-0.2, 0) is 4.79 Å². The third kappa shape index (κ3) is 2.23. The summed E-state index contributed by atoms with van der Waals surface area (Å²) in [6.45, 7) is 3.43. The molecule has 0 heterocycles. The normalized spacial score (nSPS) is 10.2. The maximum atomic E-state index is 10.8. The average molecular weight is 162 g/mol. The minimum absolute atomic E-state index is 0.272. The Morgan fingerprint density at radius 2 is 2.17 bits per heavy atom. The highest BCUT2D eigenvalue weighted by Crippen LogP contribution is 2.07. The van der Waals surface area contributed by atoms with Crippen molar-refractivity contribution in [3.63, 3.8) is 0 Å². The van der Waals surface area contributed by atoms with Crippen LogP contribution in [0.2, 0.25) is 0 Å². The van der Waals surface area contributed by atoms with Crippen LogP contribution in [0.1, 0.15) is 13.8 Å². The summed E-state index contributed by atoms with van der Waals surface area (Å²) in [7, 11) is 0. The second-order valence-electron chi connectivity index (χ2n) is 2.39. The number of amides is 1. The van der Waals surface area contributed by atoms with Gasteiger partial charge in [0.25, 0.3) is 0 Å². The van der Waals surface area contributed by atoms with E-state index in [0.717, 1.165) is 5.56 Å². The number of hydrogen-bond donors (Lipinski definition) is 1. The molecule has 1 aromatic carbocycles. The van der Waals surface area contributed by atoms with Gasteiger partial charge in [0.15, 0.2) is 0 Å². The van der Waals surface area contributed by atoms with Crippen LogP contribution >= 0.6 is 0 Å². The van der Waals surface area contributed by atoms with Gasteiger partial charge in [-0.25, -0.2) is 0 Å². The molecule has 0 atom stereocenters. The van der Waals surface area contributed by atoms with Crippen molar-refractivity contribution >= 4 is 11.6 Å². The molecule has 12 heavy (non-hydrogen) atoms. The van der Waals surface area contributed by atoms with E-state index in [1.54, 1.807) is 0 Å². The zero-order valence-electron chi connectivity index (χ0n) is 7.71. The van der Waals surface area contributed by atoms with Crippen molar-refractivity contribution in [2.24, 2.45) is 0 Å². The first-order valence-corrected chi connectivity index (χ1v) is 3.57.